The summed E-state index contributed by atoms with van der Waals surface area (Å²) in [4.78, 5) is 25.4. The van der Waals surface area contributed by atoms with Gasteiger partial charge in [-0.1, -0.05) is 27.7 Å². The fraction of sp³-hybridized carbons (Fsp3) is 0.692. The predicted molar refractivity (Wildman–Crippen MR) is 76.3 cm³/mol. The molecule has 0 amide bonds. The number of aromatic amines is 1. The van der Waals surface area contributed by atoms with E-state index in [1.54, 1.807) is 0 Å². The third kappa shape index (κ3) is 1.86. The van der Waals surface area contributed by atoms with Crippen LogP contribution in [-0.4, -0.2) is 16.1 Å². The van der Waals surface area contributed by atoms with E-state index in [1.165, 1.54) is 11.6 Å². The number of nitrogens with one attached hydrogen (secondary N) is 2. The zero-order valence-electron chi connectivity index (χ0n) is 12.1. The van der Waals surface area contributed by atoms with Gasteiger partial charge in [0.2, 0.25) is 0 Å². The molecule has 6 nitrogen and oxygen atoms in total. The Morgan fingerprint density at radius 3 is 2.26 bits per heavy atom. The first-order chi connectivity index (χ1) is 8.60. The second kappa shape index (κ2) is 3.88. The van der Waals surface area contributed by atoms with E-state index in [4.69, 9.17) is 5.73 Å². The smallest absolute Gasteiger partial charge is 0.329 e. The summed E-state index contributed by atoms with van der Waals surface area (Å²) in [6, 6.07) is 0. The summed E-state index contributed by atoms with van der Waals surface area (Å²) in [5.41, 5.74) is 5.60. The molecule has 0 aliphatic heterocycles. The Morgan fingerprint density at radius 1 is 1.26 bits per heavy atom. The van der Waals surface area contributed by atoms with Crippen molar-refractivity contribution in [1.82, 2.24) is 9.55 Å². The third-order valence-electron chi connectivity index (χ3n) is 5.17. The molecule has 1 aliphatic carbocycles. The Labute approximate surface area is 112 Å². The number of nitrogen functional groups attached to an aromatic ring is 1. The maximum Gasteiger partial charge on any atom is 0.329 e. The molecule has 0 bridgehead atoms. The Morgan fingerprint density at radius 2 is 1.79 bits per heavy atom. The van der Waals surface area contributed by atoms with Crippen LogP contribution in [0.2, 0.25) is 0 Å². The molecular weight excluding hydrogens is 244 g/mol. The van der Waals surface area contributed by atoms with Gasteiger partial charge in [-0.15, -0.1) is 0 Å². The molecule has 2 rings (SSSR count). The number of aromatic nitrogens is 2. The van der Waals surface area contributed by atoms with Gasteiger partial charge in [-0.2, -0.15) is 0 Å². The Hall–Kier alpha value is -1.72. The van der Waals surface area contributed by atoms with E-state index in [2.05, 4.69) is 38.0 Å². The van der Waals surface area contributed by atoms with E-state index >= 15 is 0 Å². The Kier molecular flexibility index (Phi) is 2.80. The zero-order valence-corrected chi connectivity index (χ0v) is 12.1. The highest BCUT2D eigenvalue weighted by atomic mass is 16.2. The highest BCUT2D eigenvalue weighted by Crippen LogP contribution is 2.68. The van der Waals surface area contributed by atoms with Crippen molar-refractivity contribution in [2.45, 2.75) is 27.7 Å². The maximum absolute atomic E-state index is 11.8. The summed E-state index contributed by atoms with van der Waals surface area (Å²) in [5, 5.41) is 3.09. The number of H-pyrrole nitrogens is 1. The average molecular weight is 266 g/mol. The predicted octanol–water partition coefficient (Wildman–Crippen LogP) is 0.750. The number of rotatable bonds is 3. The highest BCUT2D eigenvalue weighted by molar-refractivity contribution is 5.60. The first-order valence-electron chi connectivity index (χ1n) is 6.43. The van der Waals surface area contributed by atoms with Crippen molar-refractivity contribution in [3.63, 3.8) is 0 Å². The number of anilines is 2. The molecule has 0 aromatic carbocycles. The molecule has 0 atom stereocenters. The monoisotopic (exact) mass is 266 g/mol. The molecule has 1 saturated carbocycles. The van der Waals surface area contributed by atoms with Gasteiger partial charge in [0.1, 0.15) is 11.5 Å². The molecule has 106 valence electrons. The minimum atomic E-state index is -0.500. The first-order valence-corrected chi connectivity index (χ1v) is 6.43. The van der Waals surface area contributed by atoms with Crippen LogP contribution in [0, 0.1) is 16.7 Å². The van der Waals surface area contributed by atoms with Gasteiger partial charge in [0.25, 0.3) is 5.56 Å². The van der Waals surface area contributed by atoms with E-state index in [0.29, 0.717) is 12.5 Å². The second-order valence-electron chi connectivity index (χ2n) is 6.46. The fourth-order valence-electron chi connectivity index (χ4n) is 2.86. The van der Waals surface area contributed by atoms with Crippen molar-refractivity contribution in [3.05, 3.63) is 20.8 Å². The molecule has 4 N–H and O–H groups in total. The van der Waals surface area contributed by atoms with Gasteiger partial charge in [-0.25, -0.2) is 4.79 Å². The van der Waals surface area contributed by atoms with Gasteiger partial charge in [0.05, 0.1) is 0 Å². The van der Waals surface area contributed by atoms with Crippen LogP contribution in [0.1, 0.15) is 27.7 Å². The van der Waals surface area contributed by atoms with Gasteiger partial charge in [-0.3, -0.25) is 14.3 Å². The van der Waals surface area contributed by atoms with Crippen LogP contribution in [-0.2, 0) is 7.05 Å². The molecule has 0 radical (unpaired) electrons. The summed E-state index contributed by atoms with van der Waals surface area (Å²) in [7, 11) is 1.53. The van der Waals surface area contributed by atoms with E-state index in [-0.39, 0.29) is 22.3 Å². The topological polar surface area (TPSA) is 92.9 Å². The van der Waals surface area contributed by atoms with Crippen LogP contribution in [0.25, 0.3) is 0 Å². The van der Waals surface area contributed by atoms with Crippen LogP contribution in [0.15, 0.2) is 9.59 Å². The molecular formula is C13H22N4O2. The van der Waals surface area contributed by atoms with Crippen molar-refractivity contribution in [1.29, 1.82) is 0 Å². The van der Waals surface area contributed by atoms with Crippen molar-refractivity contribution in [2.75, 3.05) is 17.6 Å². The molecule has 1 heterocycles. The van der Waals surface area contributed by atoms with Crippen molar-refractivity contribution in [2.24, 2.45) is 23.8 Å². The van der Waals surface area contributed by atoms with Crippen molar-refractivity contribution in [3.8, 4) is 0 Å². The average Bonchev–Trinajstić information content (AvgIpc) is 2.68. The fourth-order valence-corrected chi connectivity index (χ4v) is 2.86. The van der Waals surface area contributed by atoms with Crippen LogP contribution in [0.3, 0.4) is 0 Å². The van der Waals surface area contributed by atoms with Crippen LogP contribution in [0.5, 0.6) is 0 Å². The van der Waals surface area contributed by atoms with Gasteiger partial charge in [-0.05, 0) is 16.7 Å². The highest BCUT2D eigenvalue weighted by Gasteiger charge is 2.64. The van der Waals surface area contributed by atoms with Gasteiger partial charge < -0.3 is 11.1 Å². The van der Waals surface area contributed by atoms with Gasteiger partial charge in [0, 0.05) is 13.6 Å². The molecule has 1 aliphatic rings. The number of nitrogens with two attached hydrogens (primary N) is 1. The zero-order chi connectivity index (χ0) is 14.6. The third-order valence-corrected chi connectivity index (χ3v) is 5.17. The van der Waals surface area contributed by atoms with Gasteiger partial charge >= 0.3 is 5.69 Å². The molecule has 0 spiro atoms. The van der Waals surface area contributed by atoms with E-state index < -0.39 is 11.2 Å². The molecule has 1 fully saturated rings. The minimum Gasteiger partial charge on any atom is -0.383 e. The molecule has 1 aromatic heterocycles. The van der Waals surface area contributed by atoms with Gasteiger partial charge in [0.15, 0.2) is 0 Å². The molecule has 1 aromatic rings. The van der Waals surface area contributed by atoms with Crippen molar-refractivity contribution >= 4 is 11.5 Å². The number of nitrogens with zero attached hydrogens (tertiary/aromatic N) is 1. The lowest BCUT2D eigenvalue weighted by atomic mass is 10.0. The molecule has 19 heavy (non-hydrogen) atoms. The van der Waals surface area contributed by atoms with Crippen LogP contribution >= 0.6 is 0 Å². The molecule has 6 heteroatoms. The minimum absolute atomic E-state index is 0.171. The Balaban J connectivity index is 2.21. The standard InChI is InChI=1S/C13H22N4O2/c1-12(2)7(13(12,3)4)6-15-8-9(14)17(5)11(19)16-10(8)18/h7,15H,6,14H2,1-5H3,(H,16,18,19). The summed E-state index contributed by atoms with van der Waals surface area (Å²) < 4.78 is 1.23. The van der Waals surface area contributed by atoms with E-state index in [0.717, 1.165) is 0 Å². The SMILES string of the molecule is Cn1c(N)c(NCC2C(C)(C)C2(C)C)c(=O)[nH]c1=O. The lowest BCUT2D eigenvalue weighted by Gasteiger charge is -2.11. The summed E-state index contributed by atoms with van der Waals surface area (Å²) in [6.45, 7) is 9.54. The molecule has 0 saturated heterocycles. The quantitative estimate of drug-likeness (QED) is 0.752. The van der Waals surface area contributed by atoms with E-state index in [9.17, 15) is 9.59 Å². The van der Waals surface area contributed by atoms with Crippen LogP contribution < -0.4 is 22.3 Å². The second-order valence-corrected chi connectivity index (χ2v) is 6.46. The normalized spacial score (nSPS) is 20.3. The summed E-state index contributed by atoms with van der Waals surface area (Å²) >= 11 is 0. The maximum atomic E-state index is 11.8. The first kappa shape index (κ1) is 13.7. The number of hydrogen-bond acceptors (Lipinski definition) is 4. The summed E-state index contributed by atoms with van der Waals surface area (Å²) in [5.74, 6) is 0.640. The van der Waals surface area contributed by atoms with Crippen molar-refractivity contribution < 1.29 is 0 Å². The lowest BCUT2D eigenvalue weighted by molar-refractivity contribution is 0.457. The lowest BCUT2D eigenvalue weighted by Crippen LogP contribution is -2.33. The van der Waals surface area contributed by atoms with E-state index in [1.807, 2.05) is 0 Å². The van der Waals surface area contributed by atoms with Crippen LogP contribution in [0.4, 0.5) is 11.5 Å². The largest absolute Gasteiger partial charge is 0.383 e. The number of hydrogen-bond donors (Lipinski definition) is 3. The Bertz CT molecular complexity index is 611. The molecule has 0 unspecified atom stereocenters. The summed E-state index contributed by atoms with van der Waals surface area (Å²) in [6.07, 6.45) is 0.